The zero-order valence-electron chi connectivity index (χ0n) is 18.2. The number of halogens is 1. The molecule has 2 aromatic carbocycles. The van der Waals surface area contributed by atoms with Crippen LogP contribution in [-0.2, 0) is 17.8 Å². The minimum absolute atomic E-state index is 0.0497. The van der Waals surface area contributed by atoms with Gasteiger partial charge in [-0.25, -0.2) is 4.98 Å². The monoisotopic (exact) mass is 464 g/mol. The quantitative estimate of drug-likeness (QED) is 0.561. The first-order chi connectivity index (χ1) is 16.2. The number of hydrogen-bond acceptors (Lipinski definition) is 6. The fourth-order valence-electron chi connectivity index (χ4n) is 4.14. The number of fused-ring (bicyclic) bond motifs is 1. The molecule has 0 bridgehead atoms. The van der Waals surface area contributed by atoms with Crippen molar-refractivity contribution in [2.75, 3.05) is 24.6 Å². The van der Waals surface area contributed by atoms with Gasteiger partial charge in [0, 0.05) is 36.6 Å². The van der Waals surface area contributed by atoms with Gasteiger partial charge in [-0.05, 0) is 48.6 Å². The van der Waals surface area contributed by atoms with Crippen molar-refractivity contribution < 1.29 is 14.3 Å². The summed E-state index contributed by atoms with van der Waals surface area (Å²) in [7, 11) is 0. The van der Waals surface area contributed by atoms with Gasteiger partial charge in [-0.2, -0.15) is 4.98 Å². The number of nitrogens with one attached hydrogen (secondary N) is 1. The lowest BCUT2D eigenvalue weighted by Gasteiger charge is -2.19. The highest BCUT2D eigenvalue weighted by Crippen LogP contribution is 2.33. The highest BCUT2D eigenvalue weighted by molar-refractivity contribution is 6.30. The molecule has 1 amide bonds. The van der Waals surface area contributed by atoms with Crippen LogP contribution in [0.4, 0.5) is 11.6 Å². The predicted molar refractivity (Wildman–Crippen MR) is 126 cm³/mol. The van der Waals surface area contributed by atoms with E-state index in [1.54, 1.807) is 6.20 Å². The maximum atomic E-state index is 13.0. The van der Waals surface area contributed by atoms with E-state index in [0.717, 1.165) is 43.7 Å². The van der Waals surface area contributed by atoms with Crippen molar-refractivity contribution >= 4 is 29.1 Å². The summed E-state index contributed by atoms with van der Waals surface area (Å²) in [5.41, 5.74) is 3.56. The molecule has 1 atom stereocenters. The lowest BCUT2D eigenvalue weighted by atomic mass is 10.2. The van der Waals surface area contributed by atoms with Crippen LogP contribution < -0.4 is 15.0 Å². The molecule has 2 aliphatic rings. The van der Waals surface area contributed by atoms with Gasteiger partial charge in [0.2, 0.25) is 11.8 Å². The van der Waals surface area contributed by atoms with E-state index >= 15 is 0 Å². The Bertz CT molecular complexity index is 1130. The molecule has 8 heteroatoms. The van der Waals surface area contributed by atoms with Gasteiger partial charge < -0.3 is 19.7 Å². The Labute approximate surface area is 197 Å². The maximum absolute atomic E-state index is 13.0. The van der Waals surface area contributed by atoms with E-state index < -0.39 is 0 Å². The molecule has 170 valence electrons. The van der Waals surface area contributed by atoms with E-state index in [1.807, 2.05) is 36.4 Å². The fraction of sp³-hybridized carbons (Fsp3) is 0.320. The third-order valence-electron chi connectivity index (χ3n) is 5.92. The van der Waals surface area contributed by atoms with Crippen LogP contribution in [0.3, 0.4) is 0 Å². The number of anilines is 2. The highest BCUT2D eigenvalue weighted by atomic mass is 35.5. The van der Waals surface area contributed by atoms with E-state index in [0.29, 0.717) is 23.1 Å². The summed E-state index contributed by atoms with van der Waals surface area (Å²) in [6.45, 7) is 2.23. The Kier molecular flexibility index (Phi) is 6.41. The van der Waals surface area contributed by atoms with Crippen LogP contribution in [0, 0.1) is 0 Å². The molecule has 0 spiro atoms. The van der Waals surface area contributed by atoms with Crippen molar-refractivity contribution in [1.29, 1.82) is 0 Å². The molecular weight excluding hydrogens is 440 g/mol. The number of benzene rings is 2. The Morgan fingerprint density at radius 2 is 2.06 bits per heavy atom. The van der Waals surface area contributed by atoms with Crippen molar-refractivity contribution in [2.24, 2.45) is 0 Å². The van der Waals surface area contributed by atoms with E-state index in [9.17, 15) is 4.79 Å². The molecule has 1 fully saturated rings. The molecule has 5 rings (SSSR count). The molecule has 0 aliphatic carbocycles. The second-order valence-electron chi connectivity index (χ2n) is 8.18. The molecule has 2 aliphatic heterocycles. The van der Waals surface area contributed by atoms with E-state index in [2.05, 4.69) is 32.3 Å². The van der Waals surface area contributed by atoms with Crippen molar-refractivity contribution in [1.82, 2.24) is 15.3 Å². The highest BCUT2D eigenvalue weighted by Gasteiger charge is 2.25. The van der Waals surface area contributed by atoms with Crippen molar-refractivity contribution in [3.8, 4) is 5.88 Å². The third kappa shape index (κ3) is 4.94. The number of hydrogen-bond donors (Lipinski definition) is 1. The lowest BCUT2D eigenvalue weighted by molar-refractivity contribution is 0.0853. The third-order valence-corrected chi connectivity index (χ3v) is 6.17. The molecule has 3 heterocycles. The summed E-state index contributed by atoms with van der Waals surface area (Å²) in [4.78, 5) is 24.2. The van der Waals surface area contributed by atoms with E-state index in [4.69, 9.17) is 21.1 Å². The lowest BCUT2D eigenvalue weighted by Crippen LogP contribution is -2.32. The topological polar surface area (TPSA) is 76.6 Å². The Morgan fingerprint density at radius 1 is 1.21 bits per heavy atom. The number of nitrogens with zero attached hydrogens (tertiary/aromatic N) is 3. The number of carbonyl (C=O) groups is 1. The van der Waals surface area contributed by atoms with Crippen LogP contribution in [0.25, 0.3) is 0 Å². The second kappa shape index (κ2) is 9.77. The summed E-state index contributed by atoms with van der Waals surface area (Å²) in [6, 6.07) is 15.6. The van der Waals surface area contributed by atoms with Crippen LogP contribution >= 0.6 is 11.6 Å². The zero-order valence-corrected chi connectivity index (χ0v) is 18.9. The van der Waals surface area contributed by atoms with Gasteiger partial charge in [-0.1, -0.05) is 41.9 Å². The van der Waals surface area contributed by atoms with Gasteiger partial charge in [-0.15, -0.1) is 0 Å². The number of amides is 1. The van der Waals surface area contributed by atoms with Gasteiger partial charge >= 0.3 is 0 Å². The maximum Gasteiger partial charge on any atom is 0.258 e. The number of para-hydroxylation sites is 1. The minimum Gasteiger partial charge on any atom is -0.472 e. The summed E-state index contributed by atoms with van der Waals surface area (Å²) in [5.74, 6) is 0.496. The van der Waals surface area contributed by atoms with E-state index in [1.165, 1.54) is 5.56 Å². The summed E-state index contributed by atoms with van der Waals surface area (Å²) >= 11 is 5.99. The van der Waals surface area contributed by atoms with Crippen molar-refractivity contribution in [3.05, 3.63) is 76.4 Å². The second-order valence-corrected chi connectivity index (χ2v) is 8.62. The SMILES string of the molecule is O=C(NCC1CCCO1)c1cnc(N2CCc3ccccc32)nc1OCc1ccc(Cl)cc1. The normalized spacial score (nSPS) is 17.1. The minimum atomic E-state index is -0.273. The fourth-order valence-corrected chi connectivity index (χ4v) is 4.26. The summed E-state index contributed by atoms with van der Waals surface area (Å²) in [5, 5.41) is 3.59. The molecular formula is C25H25ClN4O3. The molecule has 1 N–H and O–H groups in total. The van der Waals surface area contributed by atoms with Crippen LogP contribution in [0.5, 0.6) is 5.88 Å². The van der Waals surface area contributed by atoms with Crippen LogP contribution in [-0.4, -0.2) is 41.7 Å². The molecule has 3 aromatic rings. The molecule has 7 nitrogen and oxygen atoms in total. The van der Waals surface area contributed by atoms with Crippen LogP contribution in [0.2, 0.25) is 5.02 Å². The average molecular weight is 465 g/mol. The van der Waals surface area contributed by atoms with Crippen molar-refractivity contribution in [3.63, 3.8) is 0 Å². The molecule has 0 saturated carbocycles. The number of carbonyl (C=O) groups excluding carboxylic acids is 1. The Morgan fingerprint density at radius 3 is 2.88 bits per heavy atom. The number of ether oxygens (including phenoxy) is 2. The van der Waals surface area contributed by atoms with Gasteiger partial charge in [0.05, 0.1) is 6.10 Å². The zero-order chi connectivity index (χ0) is 22.6. The molecule has 1 unspecified atom stereocenters. The standard InChI is InChI=1S/C25H25ClN4O3/c26-19-9-7-17(8-10-19)16-33-24-21(23(31)27-14-20-5-3-13-32-20)15-28-25(29-24)30-12-11-18-4-1-2-6-22(18)30/h1-2,4,6-10,15,20H,3,5,11-14,16H2,(H,27,31). The number of aromatic nitrogens is 2. The average Bonchev–Trinajstić information content (AvgIpc) is 3.52. The Hall–Kier alpha value is -3.16. The Balaban J connectivity index is 1.39. The summed E-state index contributed by atoms with van der Waals surface area (Å²) in [6.07, 6.45) is 4.48. The van der Waals surface area contributed by atoms with Crippen molar-refractivity contribution in [2.45, 2.75) is 32.0 Å². The first-order valence-corrected chi connectivity index (χ1v) is 11.5. The van der Waals surface area contributed by atoms with Gasteiger partial charge in [0.15, 0.2) is 0 Å². The van der Waals surface area contributed by atoms with Gasteiger partial charge in [0.25, 0.3) is 5.91 Å². The first kappa shape index (κ1) is 21.7. The molecule has 1 aromatic heterocycles. The van der Waals surface area contributed by atoms with Crippen LogP contribution in [0.1, 0.15) is 34.3 Å². The molecule has 1 saturated heterocycles. The predicted octanol–water partition coefficient (Wildman–Crippen LogP) is 4.31. The van der Waals surface area contributed by atoms with Gasteiger partial charge in [0.1, 0.15) is 12.2 Å². The molecule has 0 radical (unpaired) electrons. The largest absolute Gasteiger partial charge is 0.472 e. The smallest absolute Gasteiger partial charge is 0.258 e. The molecule has 33 heavy (non-hydrogen) atoms. The van der Waals surface area contributed by atoms with E-state index in [-0.39, 0.29) is 24.5 Å². The first-order valence-electron chi connectivity index (χ1n) is 11.2. The number of rotatable bonds is 7. The van der Waals surface area contributed by atoms with Gasteiger partial charge in [-0.3, -0.25) is 4.79 Å². The van der Waals surface area contributed by atoms with Crippen LogP contribution in [0.15, 0.2) is 54.7 Å². The summed E-state index contributed by atoms with van der Waals surface area (Å²) < 4.78 is 11.6.